The van der Waals surface area contributed by atoms with Crippen LogP contribution in [0.2, 0.25) is 0 Å². The maximum Gasteiger partial charge on any atom is 0.0667 e. The van der Waals surface area contributed by atoms with Crippen molar-refractivity contribution in [1.29, 1.82) is 0 Å². The summed E-state index contributed by atoms with van der Waals surface area (Å²) < 4.78 is 10.4. The first-order chi connectivity index (χ1) is 6.33. The second kappa shape index (κ2) is 6.35. The number of rotatable bonds is 6. The Morgan fingerprint density at radius 3 is 3.08 bits per heavy atom. The lowest BCUT2D eigenvalue weighted by Gasteiger charge is -2.12. The molecule has 0 aliphatic carbocycles. The van der Waals surface area contributed by atoms with Gasteiger partial charge in [-0.1, -0.05) is 0 Å². The monoisotopic (exact) mass is 187 g/mol. The summed E-state index contributed by atoms with van der Waals surface area (Å²) >= 11 is 0. The number of methoxy groups -OCH3 is 1. The molecular weight excluding hydrogens is 166 g/mol. The Balaban J connectivity index is 1.88. The van der Waals surface area contributed by atoms with Crippen LogP contribution in [-0.4, -0.2) is 39.5 Å². The third-order valence-electron chi connectivity index (χ3n) is 2.59. The van der Waals surface area contributed by atoms with Gasteiger partial charge >= 0.3 is 0 Å². The first-order valence-electron chi connectivity index (χ1n) is 5.14. The molecule has 0 bridgehead atoms. The molecule has 0 aromatic heterocycles. The zero-order valence-electron chi connectivity index (χ0n) is 8.71. The van der Waals surface area contributed by atoms with Gasteiger partial charge in [-0.2, -0.15) is 0 Å². The molecule has 0 aromatic rings. The molecule has 0 aromatic carbocycles. The minimum atomic E-state index is 0.319. The molecule has 1 rings (SSSR count). The molecule has 2 atom stereocenters. The SMILES string of the molecule is COC(C)CNCCC1CCOC1. The van der Waals surface area contributed by atoms with E-state index in [-0.39, 0.29) is 0 Å². The van der Waals surface area contributed by atoms with E-state index in [1.54, 1.807) is 7.11 Å². The average molecular weight is 187 g/mol. The summed E-state index contributed by atoms with van der Waals surface area (Å²) in [5.41, 5.74) is 0. The second-order valence-electron chi connectivity index (χ2n) is 3.77. The van der Waals surface area contributed by atoms with Gasteiger partial charge in [-0.15, -0.1) is 0 Å². The van der Waals surface area contributed by atoms with E-state index in [0.29, 0.717) is 6.10 Å². The van der Waals surface area contributed by atoms with Crippen molar-refractivity contribution in [3.8, 4) is 0 Å². The Kier molecular flexibility index (Phi) is 5.35. The molecule has 0 radical (unpaired) electrons. The molecule has 1 heterocycles. The summed E-state index contributed by atoms with van der Waals surface area (Å²) in [5.74, 6) is 0.783. The lowest BCUT2D eigenvalue weighted by molar-refractivity contribution is 0.117. The molecule has 1 saturated heterocycles. The molecule has 1 fully saturated rings. The van der Waals surface area contributed by atoms with Crippen LogP contribution in [0, 0.1) is 5.92 Å². The van der Waals surface area contributed by atoms with Crippen LogP contribution in [0.3, 0.4) is 0 Å². The largest absolute Gasteiger partial charge is 0.381 e. The van der Waals surface area contributed by atoms with E-state index in [9.17, 15) is 0 Å². The van der Waals surface area contributed by atoms with Crippen LogP contribution in [0.4, 0.5) is 0 Å². The van der Waals surface area contributed by atoms with E-state index in [1.165, 1.54) is 12.8 Å². The van der Waals surface area contributed by atoms with Crippen molar-refractivity contribution in [3.05, 3.63) is 0 Å². The molecule has 78 valence electrons. The predicted octanol–water partition coefficient (Wildman–Crippen LogP) is 1.04. The number of hydrogen-bond donors (Lipinski definition) is 1. The van der Waals surface area contributed by atoms with Crippen molar-refractivity contribution >= 4 is 0 Å². The molecule has 1 N–H and O–H groups in total. The lowest BCUT2D eigenvalue weighted by Crippen LogP contribution is -2.27. The van der Waals surface area contributed by atoms with Gasteiger partial charge in [0.25, 0.3) is 0 Å². The molecule has 3 heteroatoms. The van der Waals surface area contributed by atoms with Crippen LogP contribution in [0.15, 0.2) is 0 Å². The molecule has 3 nitrogen and oxygen atoms in total. The Morgan fingerprint density at radius 1 is 1.62 bits per heavy atom. The number of ether oxygens (including phenoxy) is 2. The van der Waals surface area contributed by atoms with Crippen LogP contribution in [0.1, 0.15) is 19.8 Å². The molecule has 2 unspecified atom stereocenters. The zero-order valence-corrected chi connectivity index (χ0v) is 8.71. The van der Waals surface area contributed by atoms with Crippen molar-refractivity contribution in [3.63, 3.8) is 0 Å². The Morgan fingerprint density at radius 2 is 2.46 bits per heavy atom. The van der Waals surface area contributed by atoms with Crippen molar-refractivity contribution in [2.24, 2.45) is 5.92 Å². The highest BCUT2D eigenvalue weighted by molar-refractivity contribution is 4.65. The highest BCUT2D eigenvalue weighted by Gasteiger charge is 2.14. The van der Waals surface area contributed by atoms with Crippen LogP contribution in [0.5, 0.6) is 0 Å². The third kappa shape index (κ3) is 4.60. The van der Waals surface area contributed by atoms with Gasteiger partial charge in [0.05, 0.1) is 6.10 Å². The fourth-order valence-corrected chi connectivity index (χ4v) is 1.51. The van der Waals surface area contributed by atoms with E-state index in [2.05, 4.69) is 12.2 Å². The zero-order chi connectivity index (χ0) is 9.52. The Bertz CT molecular complexity index is 124. The minimum absolute atomic E-state index is 0.319. The first-order valence-corrected chi connectivity index (χ1v) is 5.14. The van der Waals surface area contributed by atoms with Gasteiger partial charge in [-0.25, -0.2) is 0 Å². The van der Waals surface area contributed by atoms with Gasteiger partial charge in [0.15, 0.2) is 0 Å². The Labute approximate surface area is 80.8 Å². The van der Waals surface area contributed by atoms with E-state index in [0.717, 1.165) is 32.2 Å². The van der Waals surface area contributed by atoms with Gasteiger partial charge in [-0.05, 0) is 32.2 Å². The average Bonchev–Trinajstić information content (AvgIpc) is 2.64. The highest BCUT2D eigenvalue weighted by atomic mass is 16.5. The summed E-state index contributed by atoms with van der Waals surface area (Å²) in [6.45, 7) is 6.03. The van der Waals surface area contributed by atoms with Gasteiger partial charge < -0.3 is 14.8 Å². The van der Waals surface area contributed by atoms with Crippen molar-refractivity contribution < 1.29 is 9.47 Å². The van der Waals surface area contributed by atoms with Crippen molar-refractivity contribution in [2.75, 3.05) is 33.4 Å². The summed E-state index contributed by atoms with van der Waals surface area (Å²) in [5, 5.41) is 3.38. The fourth-order valence-electron chi connectivity index (χ4n) is 1.51. The minimum Gasteiger partial charge on any atom is -0.381 e. The van der Waals surface area contributed by atoms with Crippen molar-refractivity contribution in [2.45, 2.75) is 25.9 Å². The van der Waals surface area contributed by atoms with E-state index in [1.807, 2.05) is 0 Å². The first kappa shape index (κ1) is 11.0. The fraction of sp³-hybridized carbons (Fsp3) is 1.00. The standard InChI is InChI=1S/C10H21NO2/c1-9(12-2)7-11-5-3-10-4-6-13-8-10/h9-11H,3-8H2,1-2H3. The van der Waals surface area contributed by atoms with Crippen LogP contribution in [0.25, 0.3) is 0 Å². The van der Waals surface area contributed by atoms with Crippen LogP contribution >= 0.6 is 0 Å². The molecule has 1 aliphatic rings. The number of hydrogen-bond acceptors (Lipinski definition) is 3. The maximum absolute atomic E-state index is 5.30. The molecule has 0 saturated carbocycles. The van der Waals surface area contributed by atoms with Gasteiger partial charge in [0.2, 0.25) is 0 Å². The number of nitrogens with one attached hydrogen (secondary N) is 1. The molecular formula is C10H21NO2. The van der Waals surface area contributed by atoms with Crippen LogP contribution < -0.4 is 5.32 Å². The summed E-state index contributed by atoms with van der Waals surface area (Å²) in [6, 6.07) is 0. The smallest absolute Gasteiger partial charge is 0.0667 e. The summed E-state index contributed by atoms with van der Waals surface area (Å²) in [6.07, 6.45) is 2.79. The topological polar surface area (TPSA) is 30.5 Å². The molecule has 0 spiro atoms. The third-order valence-corrected chi connectivity index (χ3v) is 2.59. The Hall–Kier alpha value is -0.120. The van der Waals surface area contributed by atoms with E-state index < -0.39 is 0 Å². The lowest BCUT2D eigenvalue weighted by atomic mass is 10.1. The molecule has 13 heavy (non-hydrogen) atoms. The van der Waals surface area contributed by atoms with Gasteiger partial charge in [-0.3, -0.25) is 0 Å². The van der Waals surface area contributed by atoms with E-state index in [4.69, 9.17) is 9.47 Å². The summed E-state index contributed by atoms with van der Waals surface area (Å²) in [4.78, 5) is 0. The summed E-state index contributed by atoms with van der Waals surface area (Å²) in [7, 11) is 1.75. The van der Waals surface area contributed by atoms with Gasteiger partial charge in [0.1, 0.15) is 0 Å². The quantitative estimate of drug-likeness (QED) is 0.630. The van der Waals surface area contributed by atoms with Crippen LogP contribution in [-0.2, 0) is 9.47 Å². The van der Waals surface area contributed by atoms with Crippen molar-refractivity contribution in [1.82, 2.24) is 5.32 Å². The van der Waals surface area contributed by atoms with Gasteiger partial charge in [0, 0.05) is 26.9 Å². The maximum atomic E-state index is 5.30. The second-order valence-corrected chi connectivity index (χ2v) is 3.77. The molecule has 0 amide bonds. The predicted molar refractivity (Wildman–Crippen MR) is 52.9 cm³/mol. The normalized spacial score (nSPS) is 24.9. The van der Waals surface area contributed by atoms with E-state index >= 15 is 0 Å². The highest BCUT2D eigenvalue weighted by Crippen LogP contribution is 2.14. The molecule has 1 aliphatic heterocycles.